The van der Waals surface area contributed by atoms with Crippen LogP contribution >= 0.6 is 0 Å². The molecule has 4 atom stereocenters. The molecular weight excluding hydrogens is 474 g/mol. The van der Waals surface area contributed by atoms with E-state index in [0.717, 1.165) is 0 Å². The number of carbonyl (C=O) groups is 2. The zero-order valence-corrected chi connectivity index (χ0v) is 20.4. The van der Waals surface area contributed by atoms with E-state index in [9.17, 15) is 30.0 Å². The van der Waals surface area contributed by atoms with Gasteiger partial charge in [-0.05, 0) is 62.7 Å². The van der Waals surface area contributed by atoms with Crippen molar-refractivity contribution in [1.29, 1.82) is 0 Å². The maximum Gasteiger partial charge on any atom is 0.248 e. The van der Waals surface area contributed by atoms with Gasteiger partial charge in [-0.3, -0.25) is 19.5 Å². The van der Waals surface area contributed by atoms with Gasteiger partial charge in [0.2, 0.25) is 5.91 Å². The van der Waals surface area contributed by atoms with Gasteiger partial charge in [0, 0.05) is 41.4 Å². The summed E-state index contributed by atoms with van der Waals surface area (Å²) >= 11 is 0. The topological polar surface area (TPSA) is 157 Å². The van der Waals surface area contributed by atoms with Gasteiger partial charge in [-0.15, -0.1) is 0 Å². The lowest BCUT2D eigenvalue weighted by Crippen LogP contribution is -2.62. The summed E-state index contributed by atoms with van der Waals surface area (Å²) in [4.78, 5) is 31.6. The highest BCUT2D eigenvalue weighted by Crippen LogP contribution is 2.53. The van der Waals surface area contributed by atoms with Crippen LogP contribution in [0, 0.1) is 23.7 Å². The minimum atomic E-state index is -2.06. The second-order valence-electron chi connectivity index (χ2n) is 10.0. The van der Waals surface area contributed by atoms with E-state index in [1.54, 1.807) is 43.5 Å². The van der Waals surface area contributed by atoms with Crippen molar-refractivity contribution in [3.8, 4) is 17.6 Å². The van der Waals surface area contributed by atoms with Crippen LogP contribution in [0.25, 0.3) is 5.76 Å². The predicted molar refractivity (Wildman–Crippen MR) is 134 cm³/mol. The minimum Gasteiger partial charge on any atom is -0.510 e. The number of fused-ring (bicyclic) bond motifs is 3. The second-order valence-corrected chi connectivity index (χ2v) is 10.0. The first-order valence-electron chi connectivity index (χ1n) is 11.9. The number of hydrogen-bond acceptors (Lipinski definition) is 8. The number of Topliss-reactive ketones (excluding diaryl/α,β-unsaturated/α-hetero) is 1. The van der Waals surface area contributed by atoms with Crippen molar-refractivity contribution in [3.63, 3.8) is 0 Å². The van der Waals surface area contributed by atoms with Crippen LogP contribution in [0.5, 0.6) is 5.75 Å². The third-order valence-corrected chi connectivity index (χ3v) is 7.70. The van der Waals surface area contributed by atoms with Gasteiger partial charge in [-0.25, -0.2) is 0 Å². The molecule has 1 saturated carbocycles. The van der Waals surface area contributed by atoms with Crippen molar-refractivity contribution in [2.75, 3.05) is 14.1 Å². The number of aromatic nitrogens is 1. The fraction of sp³-hybridized carbons (Fsp3) is 0.321. The Labute approximate surface area is 213 Å². The zero-order chi connectivity index (χ0) is 26.6. The number of nitrogens with zero attached hydrogens (tertiary/aromatic N) is 2. The summed E-state index contributed by atoms with van der Waals surface area (Å²) in [6.07, 6.45) is 3.34. The van der Waals surface area contributed by atoms with E-state index >= 15 is 0 Å². The molecule has 2 aromatic rings. The number of ketones is 1. The number of aromatic hydroxyl groups is 1. The number of hydrogen-bond donors (Lipinski definition) is 5. The molecule has 3 aliphatic carbocycles. The quantitative estimate of drug-likeness (QED) is 0.388. The number of carbonyl (C=O) groups excluding carboxylic acids is 2. The second kappa shape index (κ2) is 8.76. The van der Waals surface area contributed by atoms with E-state index in [-0.39, 0.29) is 41.1 Å². The number of primary amides is 1. The fourth-order valence-corrected chi connectivity index (χ4v) is 6.03. The third kappa shape index (κ3) is 3.77. The van der Waals surface area contributed by atoms with Crippen LogP contribution in [0.15, 0.2) is 53.6 Å². The van der Waals surface area contributed by atoms with E-state index in [0.29, 0.717) is 16.7 Å². The summed E-state index contributed by atoms with van der Waals surface area (Å²) in [7, 11) is 3.36. The molecule has 9 heteroatoms. The maximum atomic E-state index is 13.8. The Morgan fingerprint density at radius 1 is 1.19 bits per heavy atom. The van der Waals surface area contributed by atoms with Crippen LogP contribution in [0.4, 0.5) is 0 Å². The van der Waals surface area contributed by atoms with Crippen molar-refractivity contribution in [3.05, 3.63) is 75.8 Å². The van der Waals surface area contributed by atoms with Crippen LogP contribution < -0.4 is 5.73 Å². The third-order valence-electron chi connectivity index (χ3n) is 7.70. The number of aliphatic hydroxyl groups excluding tert-OH is 2. The lowest BCUT2D eigenvalue weighted by Gasteiger charge is -2.51. The highest BCUT2D eigenvalue weighted by Gasteiger charge is 2.60. The molecule has 0 bridgehead atoms. The van der Waals surface area contributed by atoms with Gasteiger partial charge in [-0.2, -0.15) is 0 Å². The average molecular weight is 502 g/mol. The number of aliphatic hydroxyl groups is 3. The van der Waals surface area contributed by atoms with Gasteiger partial charge in [-0.1, -0.05) is 11.8 Å². The van der Waals surface area contributed by atoms with Crippen LogP contribution in [0.2, 0.25) is 0 Å². The van der Waals surface area contributed by atoms with E-state index in [1.807, 2.05) is 6.07 Å². The van der Waals surface area contributed by atoms with E-state index < -0.39 is 47.3 Å². The first kappa shape index (κ1) is 24.6. The number of phenolic OH excluding ortho intramolecular Hbond substituents is 1. The first-order valence-corrected chi connectivity index (χ1v) is 11.9. The first-order chi connectivity index (χ1) is 17.5. The largest absolute Gasteiger partial charge is 0.510 e. The molecule has 6 N–H and O–H groups in total. The molecule has 0 spiro atoms. The normalized spacial score (nSPS) is 26.7. The molecule has 190 valence electrons. The Kier molecular flexibility index (Phi) is 5.82. The van der Waals surface area contributed by atoms with Crippen LogP contribution in [-0.4, -0.2) is 67.7 Å². The Balaban J connectivity index is 1.64. The van der Waals surface area contributed by atoms with Crippen LogP contribution in [0.1, 0.15) is 35.1 Å². The van der Waals surface area contributed by atoms with Gasteiger partial charge in [0.15, 0.2) is 5.78 Å². The summed E-state index contributed by atoms with van der Waals surface area (Å²) in [6, 6.07) is 5.82. The number of benzene rings is 1. The predicted octanol–water partition coefficient (Wildman–Crippen LogP) is 1.58. The summed E-state index contributed by atoms with van der Waals surface area (Å²) in [6.45, 7) is 0. The van der Waals surface area contributed by atoms with Gasteiger partial charge < -0.3 is 26.2 Å². The molecule has 5 rings (SSSR count). The molecule has 37 heavy (non-hydrogen) atoms. The highest BCUT2D eigenvalue weighted by atomic mass is 16.3. The average Bonchev–Trinajstić information content (AvgIpc) is 2.85. The molecule has 3 aliphatic rings. The van der Waals surface area contributed by atoms with Gasteiger partial charge in [0.05, 0.1) is 17.2 Å². The highest BCUT2D eigenvalue weighted by molar-refractivity contribution is 6.10. The standard InChI is InChI=1S/C28H27N3O6/c1-31(2)23-19-11-16-10-17-15(6-5-14-4-3-9-30-13-14)7-8-20(32)22(17)25(34)21(16)26(35)28(19,37)12-18(24(23)33)27(29)36/h3-4,7-9,13,16,19,23,32-34,37H,10-12H2,1-2H3,(H2,29,36). The van der Waals surface area contributed by atoms with Crippen molar-refractivity contribution in [2.45, 2.75) is 30.9 Å². The summed E-state index contributed by atoms with van der Waals surface area (Å²) < 4.78 is 0. The Morgan fingerprint density at radius 2 is 1.95 bits per heavy atom. The summed E-state index contributed by atoms with van der Waals surface area (Å²) in [5.41, 5.74) is 5.18. The maximum absolute atomic E-state index is 13.8. The van der Waals surface area contributed by atoms with Crippen LogP contribution in [-0.2, 0) is 16.0 Å². The van der Waals surface area contributed by atoms with Crippen molar-refractivity contribution < 1.29 is 30.0 Å². The van der Waals surface area contributed by atoms with Crippen molar-refractivity contribution in [1.82, 2.24) is 9.88 Å². The zero-order valence-electron chi connectivity index (χ0n) is 20.4. The molecular formula is C28H27N3O6. The molecule has 4 unspecified atom stereocenters. The Bertz CT molecular complexity index is 1450. The minimum absolute atomic E-state index is 0.00151. The van der Waals surface area contributed by atoms with E-state index in [4.69, 9.17) is 5.73 Å². The number of nitrogens with two attached hydrogens (primary N) is 1. The monoisotopic (exact) mass is 501 g/mol. The molecule has 1 aromatic heterocycles. The smallest absolute Gasteiger partial charge is 0.248 e. The number of rotatable bonds is 2. The molecule has 9 nitrogen and oxygen atoms in total. The summed E-state index contributed by atoms with van der Waals surface area (Å²) in [5, 5.41) is 44.5. The van der Waals surface area contributed by atoms with Gasteiger partial charge >= 0.3 is 0 Å². The molecule has 0 aliphatic heterocycles. The number of amides is 1. The molecule has 1 fully saturated rings. The fourth-order valence-electron chi connectivity index (χ4n) is 6.03. The summed E-state index contributed by atoms with van der Waals surface area (Å²) in [5.74, 6) is 2.32. The SMILES string of the molecule is CN(C)C1C(O)=C(C(N)=O)CC2(O)C(=O)C3=C(O)c4c(O)ccc(C#Cc5cccnc5)c4CC3CC12. The number of phenols is 1. The molecule has 1 heterocycles. The number of likely N-dealkylation sites (N-methyl/N-ethyl adjacent to an activating group) is 1. The van der Waals surface area contributed by atoms with Crippen molar-refractivity contribution in [2.24, 2.45) is 17.6 Å². The molecule has 1 aromatic carbocycles. The van der Waals surface area contributed by atoms with E-state index in [1.165, 1.54) is 6.07 Å². The van der Waals surface area contributed by atoms with Gasteiger partial charge in [0.25, 0.3) is 0 Å². The van der Waals surface area contributed by atoms with Gasteiger partial charge in [0.1, 0.15) is 22.9 Å². The molecule has 1 amide bonds. The van der Waals surface area contributed by atoms with Crippen molar-refractivity contribution >= 4 is 17.4 Å². The molecule has 0 radical (unpaired) electrons. The Morgan fingerprint density at radius 3 is 2.59 bits per heavy atom. The van der Waals surface area contributed by atoms with Crippen LogP contribution in [0.3, 0.4) is 0 Å². The van der Waals surface area contributed by atoms with E-state index in [2.05, 4.69) is 16.8 Å². The Hall–Kier alpha value is -4.13. The molecule has 0 saturated heterocycles. The lowest BCUT2D eigenvalue weighted by atomic mass is 9.57. The number of pyridine rings is 1. The lowest BCUT2D eigenvalue weighted by molar-refractivity contribution is -0.151.